The van der Waals surface area contributed by atoms with Crippen molar-refractivity contribution in [1.82, 2.24) is 0 Å². The Kier molecular flexibility index (Phi) is 2.26. The molecule has 1 atom stereocenters. The van der Waals surface area contributed by atoms with Crippen LogP contribution in [0.2, 0.25) is 0 Å². The molecule has 0 amide bonds. The van der Waals surface area contributed by atoms with Crippen molar-refractivity contribution < 1.29 is 26.8 Å². The maximum Gasteiger partial charge on any atom is 0.727 e. The molecule has 1 unspecified atom stereocenters. The van der Waals surface area contributed by atoms with Crippen LogP contribution in [-0.4, -0.2) is 31.9 Å². The lowest BCUT2D eigenvalue weighted by atomic mass is 9.89. The second-order valence-corrected chi connectivity index (χ2v) is 4.89. The number of hydrogen-bond donors (Lipinski definition) is 0. The van der Waals surface area contributed by atoms with E-state index in [1.807, 2.05) is 0 Å². The first kappa shape index (κ1) is 11.6. The average Bonchev–Trinajstić information content (AvgIpc) is 2.71. The maximum atomic E-state index is 13.0. The van der Waals surface area contributed by atoms with Crippen LogP contribution in [0.3, 0.4) is 0 Å². The van der Waals surface area contributed by atoms with Crippen molar-refractivity contribution in [2.75, 3.05) is 20.4 Å². The number of likely N-dealkylation sites (N-methyl/N-ethyl adjacent to an activating group) is 1. The molecule has 0 spiro atoms. The van der Waals surface area contributed by atoms with Gasteiger partial charge in [0.2, 0.25) is 6.79 Å². The number of rotatable bonds is 1. The molecule has 1 aromatic carbocycles. The molecule has 2 heterocycles. The van der Waals surface area contributed by atoms with Crippen LogP contribution < -0.4 is 9.47 Å². The van der Waals surface area contributed by atoms with E-state index in [2.05, 4.69) is 0 Å². The van der Waals surface area contributed by atoms with Gasteiger partial charge in [-0.25, -0.2) is 0 Å². The van der Waals surface area contributed by atoms with Crippen LogP contribution in [-0.2, 0) is 6.42 Å². The molecule has 2 aliphatic rings. The highest BCUT2D eigenvalue weighted by molar-refractivity contribution is 6.50. The Labute approximate surface area is 103 Å². The van der Waals surface area contributed by atoms with Gasteiger partial charge < -0.3 is 26.8 Å². The zero-order valence-corrected chi connectivity index (χ0v) is 9.83. The summed E-state index contributed by atoms with van der Waals surface area (Å²) < 4.78 is 48.6. The molecule has 7 heteroatoms. The summed E-state index contributed by atoms with van der Waals surface area (Å²) in [4.78, 5) is 0. The molecule has 0 fully saturated rings. The minimum atomic E-state index is -4.95. The van der Waals surface area contributed by atoms with E-state index >= 15 is 0 Å². The Hall–Kier alpha value is -1.50. The minimum absolute atomic E-state index is 0.0378. The van der Waals surface area contributed by atoms with E-state index in [0.717, 1.165) is 5.56 Å². The van der Waals surface area contributed by atoms with E-state index in [1.165, 1.54) is 13.6 Å². The van der Waals surface area contributed by atoms with Crippen LogP contribution in [0, 0.1) is 6.54 Å². The quantitative estimate of drug-likeness (QED) is 0.568. The minimum Gasteiger partial charge on any atom is -0.467 e. The van der Waals surface area contributed by atoms with Gasteiger partial charge in [-0.05, 0) is 13.0 Å². The molecule has 0 bridgehead atoms. The number of nitrogens with zero attached hydrogens (tertiary/aromatic N) is 1. The van der Waals surface area contributed by atoms with E-state index in [-0.39, 0.29) is 13.3 Å². The normalized spacial score (nSPS) is 25.6. The molecular formula is C11H12BF3NO2-. The van der Waals surface area contributed by atoms with E-state index in [9.17, 15) is 12.9 Å². The third-order valence-electron chi connectivity index (χ3n) is 3.60. The topological polar surface area (TPSA) is 18.5 Å². The summed E-state index contributed by atoms with van der Waals surface area (Å²) in [5.41, 5.74) is 1.47. The summed E-state index contributed by atoms with van der Waals surface area (Å²) in [6, 6.07) is 3.41. The Balaban J connectivity index is 1.98. The van der Waals surface area contributed by atoms with E-state index in [0.29, 0.717) is 23.5 Å². The third-order valence-corrected chi connectivity index (χ3v) is 3.60. The molecule has 98 valence electrons. The van der Waals surface area contributed by atoms with Crippen molar-refractivity contribution in [3.63, 3.8) is 0 Å². The van der Waals surface area contributed by atoms with Crippen LogP contribution in [0.5, 0.6) is 11.5 Å². The Morgan fingerprint density at radius 2 is 1.89 bits per heavy atom. The number of fused-ring (bicyclic) bond motifs is 2. The molecule has 18 heavy (non-hydrogen) atoms. The van der Waals surface area contributed by atoms with Crippen molar-refractivity contribution in [2.24, 2.45) is 0 Å². The zero-order valence-electron chi connectivity index (χ0n) is 9.83. The summed E-state index contributed by atoms with van der Waals surface area (Å²) in [7, 11) is -3.75. The van der Waals surface area contributed by atoms with Gasteiger partial charge in [0, 0.05) is 13.6 Å². The fourth-order valence-electron chi connectivity index (χ4n) is 2.31. The van der Waals surface area contributed by atoms with Crippen molar-refractivity contribution in [1.29, 1.82) is 0 Å². The highest BCUT2D eigenvalue weighted by atomic mass is 19.4. The summed E-state index contributed by atoms with van der Waals surface area (Å²) in [6.45, 7) is 1.44. The second kappa shape index (κ2) is 3.51. The molecule has 3 rings (SSSR count). The van der Waals surface area contributed by atoms with Gasteiger partial charge in [-0.15, -0.1) is 17.2 Å². The first-order valence-electron chi connectivity index (χ1n) is 5.72. The Morgan fingerprint density at radius 3 is 2.56 bits per heavy atom. The van der Waals surface area contributed by atoms with Gasteiger partial charge in [0.25, 0.3) is 0 Å². The summed E-state index contributed by atoms with van der Waals surface area (Å²) in [6.07, 6.45) is 0.389. The molecule has 0 radical (unpaired) electrons. The molecule has 0 aromatic heterocycles. The standard InChI is InChI=1S/C11H12BF3NO2/c1-16(12(13,14)15)3-2-8-4-10-11(18-7-17-10)5-9(8)6-16/h4-6H,2-3,7H2,1H3/q-1. The van der Waals surface area contributed by atoms with Crippen LogP contribution in [0.15, 0.2) is 12.1 Å². The van der Waals surface area contributed by atoms with Crippen LogP contribution in [0.4, 0.5) is 12.9 Å². The van der Waals surface area contributed by atoms with Crippen molar-refractivity contribution >= 4 is 7.11 Å². The zero-order chi connectivity index (χ0) is 13.0. The largest absolute Gasteiger partial charge is 0.727 e. The molecule has 0 saturated carbocycles. The molecule has 2 aliphatic heterocycles. The molecule has 3 nitrogen and oxygen atoms in total. The number of ether oxygens (including phenoxy) is 2. The SMILES string of the molecule is C[N+]1([B-](F)(F)F)[CH-]c2cc3c(cc2CC1)OCO3. The first-order valence-corrected chi connectivity index (χ1v) is 5.72. The van der Waals surface area contributed by atoms with Crippen LogP contribution in [0.25, 0.3) is 0 Å². The predicted octanol–water partition coefficient (Wildman–Crippen LogP) is 2.27. The summed E-state index contributed by atoms with van der Waals surface area (Å²) >= 11 is 0. The Morgan fingerprint density at radius 1 is 1.22 bits per heavy atom. The van der Waals surface area contributed by atoms with Crippen molar-refractivity contribution in [2.45, 2.75) is 6.42 Å². The monoisotopic (exact) mass is 258 g/mol. The van der Waals surface area contributed by atoms with Gasteiger partial charge in [0.1, 0.15) is 11.5 Å². The van der Waals surface area contributed by atoms with Gasteiger partial charge >= 0.3 is 7.11 Å². The summed E-state index contributed by atoms with van der Waals surface area (Å²) in [5.74, 6) is 1.14. The third kappa shape index (κ3) is 1.61. The molecule has 1 aromatic rings. The average molecular weight is 258 g/mol. The predicted molar refractivity (Wildman–Crippen MR) is 59.8 cm³/mol. The lowest BCUT2D eigenvalue weighted by Crippen LogP contribution is -2.59. The van der Waals surface area contributed by atoms with Gasteiger partial charge in [-0.3, -0.25) is 0 Å². The Bertz CT molecular complexity index is 506. The number of halogens is 3. The number of benzene rings is 1. The van der Waals surface area contributed by atoms with E-state index in [1.54, 1.807) is 12.1 Å². The van der Waals surface area contributed by atoms with E-state index < -0.39 is 11.5 Å². The van der Waals surface area contributed by atoms with Gasteiger partial charge in [0.15, 0.2) is 0 Å². The van der Waals surface area contributed by atoms with Gasteiger partial charge in [0.05, 0.1) is 0 Å². The first-order chi connectivity index (χ1) is 8.39. The van der Waals surface area contributed by atoms with Gasteiger partial charge in [-0.2, -0.15) is 0 Å². The number of quaternary nitrogens is 1. The lowest BCUT2D eigenvalue weighted by molar-refractivity contribution is -0.798. The lowest BCUT2D eigenvalue weighted by Gasteiger charge is -2.50. The second-order valence-electron chi connectivity index (χ2n) is 4.89. The summed E-state index contributed by atoms with van der Waals surface area (Å²) in [5, 5.41) is 0. The van der Waals surface area contributed by atoms with Crippen LogP contribution >= 0.6 is 0 Å². The fourth-order valence-corrected chi connectivity index (χ4v) is 2.31. The number of hydrogen-bond acceptors (Lipinski definition) is 2. The van der Waals surface area contributed by atoms with Gasteiger partial charge in [-0.1, -0.05) is 6.07 Å². The molecule has 0 aliphatic carbocycles. The van der Waals surface area contributed by atoms with E-state index in [4.69, 9.17) is 9.47 Å². The van der Waals surface area contributed by atoms with Crippen molar-refractivity contribution in [3.05, 3.63) is 29.8 Å². The smallest absolute Gasteiger partial charge is 0.467 e. The van der Waals surface area contributed by atoms with Crippen molar-refractivity contribution in [3.8, 4) is 11.5 Å². The molecule has 0 saturated heterocycles. The van der Waals surface area contributed by atoms with Crippen LogP contribution in [0.1, 0.15) is 11.1 Å². The molecular weight excluding hydrogens is 246 g/mol. The fraction of sp³-hybridized carbons (Fsp3) is 0.364. The maximum absolute atomic E-state index is 13.0. The molecule has 0 N–H and O–H groups in total. The highest BCUT2D eigenvalue weighted by Gasteiger charge is 2.48. The highest BCUT2D eigenvalue weighted by Crippen LogP contribution is 2.40.